The summed E-state index contributed by atoms with van der Waals surface area (Å²) in [6.07, 6.45) is 12.4. The van der Waals surface area contributed by atoms with E-state index in [2.05, 4.69) is 51.2 Å². The normalized spacial score (nSPS) is 24.9. The maximum atomic E-state index is 12.6. The zero-order valence-corrected chi connectivity index (χ0v) is 19.2. The van der Waals surface area contributed by atoms with E-state index in [0.29, 0.717) is 35.0 Å². The van der Waals surface area contributed by atoms with E-state index in [4.69, 9.17) is 0 Å². The van der Waals surface area contributed by atoms with Gasteiger partial charge in [0.05, 0.1) is 11.3 Å². The number of hydrogen-bond donors (Lipinski definition) is 2. The molecule has 1 amide bonds. The lowest BCUT2D eigenvalue weighted by molar-refractivity contribution is -0.116. The molecule has 3 aliphatic rings. The standard InChI is InChI=1S/C25H32N6O/c1-15-6-7-16(2)31(15)12-4-5-19-17(3)28-22(23(19)18-8-9-18)13-20-24(29-30-25(20)32)21-10-11-26-14-27-21/h10-11,13-16,18,28H,4-9,12H2,1-3H3,(H,30,32). The van der Waals surface area contributed by atoms with Crippen molar-refractivity contribution in [2.75, 3.05) is 6.54 Å². The topological polar surface area (TPSA) is 86.3 Å². The van der Waals surface area contributed by atoms with Gasteiger partial charge in [0.25, 0.3) is 5.91 Å². The highest BCUT2D eigenvalue weighted by Crippen LogP contribution is 2.45. The van der Waals surface area contributed by atoms with Crippen molar-refractivity contribution in [3.8, 4) is 0 Å². The summed E-state index contributed by atoms with van der Waals surface area (Å²) in [4.78, 5) is 27.1. The van der Waals surface area contributed by atoms with Gasteiger partial charge >= 0.3 is 0 Å². The molecule has 0 radical (unpaired) electrons. The van der Waals surface area contributed by atoms with E-state index in [1.807, 2.05) is 6.08 Å². The number of rotatable bonds is 7. The number of carbonyl (C=O) groups excluding carboxylic acids is 1. The Bertz CT molecular complexity index is 1060. The first-order valence-corrected chi connectivity index (χ1v) is 11.9. The van der Waals surface area contributed by atoms with Crippen LogP contribution in [0.15, 0.2) is 29.3 Å². The van der Waals surface area contributed by atoms with Crippen LogP contribution in [-0.2, 0) is 11.2 Å². The highest BCUT2D eigenvalue weighted by atomic mass is 16.2. The molecule has 2 aromatic rings. The number of hydrazone groups is 1. The summed E-state index contributed by atoms with van der Waals surface area (Å²) >= 11 is 0. The molecule has 2 N–H and O–H groups in total. The number of aryl methyl sites for hydroxylation is 1. The van der Waals surface area contributed by atoms with Gasteiger partial charge in [0.15, 0.2) is 0 Å². The maximum Gasteiger partial charge on any atom is 0.273 e. The third kappa shape index (κ3) is 4.01. The van der Waals surface area contributed by atoms with Gasteiger partial charge in [-0.3, -0.25) is 9.69 Å². The van der Waals surface area contributed by atoms with Crippen molar-refractivity contribution in [3.05, 3.63) is 52.4 Å². The molecule has 0 aromatic carbocycles. The molecule has 32 heavy (non-hydrogen) atoms. The van der Waals surface area contributed by atoms with Crippen LogP contribution in [0.5, 0.6) is 0 Å². The third-order valence-electron chi connectivity index (χ3n) is 7.24. The summed E-state index contributed by atoms with van der Waals surface area (Å²) in [6, 6.07) is 3.17. The van der Waals surface area contributed by atoms with Crippen LogP contribution in [-0.4, -0.2) is 50.1 Å². The zero-order chi connectivity index (χ0) is 22.2. The lowest BCUT2D eigenvalue weighted by atomic mass is 9.97. The molecule has 4 heterocycles. The molecule has 0 spiro atoms. The van der Waals surface area contributed by atoms with Crippen molar-refractivity contribution in [3.63, 3.8) is 0 Å². The SMILES string of the molecule is Cc1[nH]c(C=C2C(=O)NN=C2c2ccncn2)c(C2CC2)c1CCCN1C(C)CCC1C. The van der Waals surface area contributed by atoms with Crippen LogP contribution in [0.3, 0.4) is 0 Å². The fourth-order valence-electron chi connectivity index (χ4n) is 5.35. The van der Waals surface area contributed by atoms with Crippen LogP contribution in [0, 0.1) is 6.92 Å². The average Bonchev–Trinajstić information content (AvgIpc) is 3.40. The maximum absolute atomic E-state index is 12.6. The molecular formula is C25H32N6O. The number of aromatic amines is 1. The number of nitrogens with one attached hydrogen (secondary N) is 2. The largest absolute Gasteiger partial charge is 0.359 e. The second-order valence-electron chi connectivity index (χ2n) is 9.50. The molecule has 2 fully saturated rings. The van der Waals surface area contributed by atoms with E-state index in [1.165, 1.54) is 48.8 Å². The van der Waals surface area contributed by atoms with E-state index in [0.717, 1.165) is 25.1 Å². The van der Waals surface area contributed by atoms with Crippen molar-refractivity contribution in [2.24, 2.45) is 5.10 Å². The van der Waals surface area contributed by atoms with E-state index in [1.54, 1.807) is 12.3 Å². The first kappa shape index (κ1) is 21.1. The molecule has 1 saturated heterocycles. The molecule has 2 aromatic heterocycles. The molecule has 7 nitrogen and oxygen atoms in total. The second-order valence-corrected chi connectivity index (χ2v) is 9.50. The molecule has 2 atom stereocenters. The van der Waals surface area contributed by atoms with Crippen LogP contribution < -0.4 is 5.43 Å². The summed E-state index contributed by atoms with van der Waals surface area (Å²) < 4.78 is 0. The predicted octanol–water partition coefficient (Wildman–Crippen LogP) is 3.71. The van der Waals surface area contributed by atoms with Crippen LogP contribution in [0.25, 0.3) is 6.08 Å². The smallest absolute Gasteiger partial charge is 0.273 e. The van der Waals surface area contributed by atoms with Crippen LogP contribution in [0.2, 0.25) is 0 Å². The van der Waals surface area contributed by atoms with Gasteiger partial charge < -0.3 is 4.98 Å². The average molecular weight is 433 g/mol. The van der Waals surface area contributed by atoms with Gasteiger partial charge in [-0.05, 0) is 95.0 Å². The Morgan fingerprint density at radius 1 is 1.19 bits per heavy atom. The molecule has 168 valence electrons. The van der Waals surface area contributed by atoms with Gasteiger partial charge in [0, 0.05) is 29.7 Å². The number of amides is 1. The lowest BCUT2D eigenvalue weighted by Gasteiger charge is -2.25. The van der Waals surface area contributed by atoms with Crippen molar-refractivity contribution in [2.45, 2.75) is 77.3 Å². The minimum Gasteiger partial charge on any atom is -0.359 e. The number of H-pyrrole nitrogens is 1. The molecule has 2 unspecified atom stereocenters. The molecule has 5 rings (SSSR count). The summed E-state index contributed by atoms with van der Waals surface area (Å²) in [6.45, 7) is 8.03. The molecular weight excluding hydrogens is 400 g/mol. The third-order valence-corrected chi connectivity index (χ3v) is 7.24. The van der Waals surface area contributed by atoms with Crippen LogP contribution in [0.4, 0.5) is 0 Å². The van der Waals surface area contributed by atoms with Crippen molar-refractivity contribution in [1.82, 2.24) is 25.3 Å². The second kappa shape index (κ2) is 8.62. The number of likely N-dealkylation sites (tertiary alicyclic amines) is 1. The van der Waals surface area contributed by atoms with Gasteiger partial charge in [-0.15, -0.1) is 0 Å². The Morgan fingerprint density at radius 2 is 1.97 bits per heavy atom. The van der Waals surface area contributed by atoms with Crippen molar-refractivity contribution >= 4 is 17.7 Å². The Hall–Kier alpha value is -2.80. The Kier molecular flexibility index (Phi) is 5.67. The Balaban J connectivity index is 1.40. The van der Waals surface area contributed by atoms with E-state index < -0.39 is 0 Å². The first-order chi connectivity index (χ1) is 15.5. The highest BCUT2D eigenvalue weighted by Gasteiger charge is 2.33. The number of hydrogen-bond acceptors (Lipinski definition) is 5. The number of carbonyl (C=O) groups is 1. The molecule has 1 saturated carbocycles. The van der Waals surface area contributed by atoms with Gasteiger partial charge in [-0.1, -0.05) is 0 Å². The summed E-state index contributed by atoms with van der Waals surface area (Å²) in [5.41, 5.74) is 9.49. The summed E-state index contributed by atoms with van der Waals surface area (Å²) in [7, 11) is 0. The fourth-order valence-corrected chi connectivity index (χ4v) is 5.35. The highest BCUT2D eigenvalue weighted by molar-refractivity contribution is 6.32. The van der Waals surface area contributed by atoms with Gasteiger partial charge in [-0.2, -0.15) is 5.10 Å². The first-order valence-electron chi connectivity index (χ1n) is 11.9. The van der Waals surface area contributed by atoms with Crippen molar-refractivity contribution < 1.29 is 4.79 Å². The van der Waals surface area contributed by atoms with Gasteiger partial charge in [0.2, 0.25) is 0 Å². The summed E-state index contributed by atoms with van der Waals surface area (Å²) in [5.74, 6) is 0.404. The van der Waals surface area contributed by atoms with Crippen LogP contribution >= 0.6 is 0 Å². The monoisotopic (exact) mass is 432 g/mol. The molecule has 7 heteroatoms. The van der Waals surface area contributed by atoms with Crippen molar-refractivity contribution in [1.29, 1.82) is 0 Å². The Morgan fingerprint density at radius 3 is 2.66 bits per heavy atom. The zero-order valence-electron chi connectivity index (χ0n) is 19.2. The van der Waals surface area contributed by atoms with E-state index in [-0.39, 0.29) is 5.91 Å². The van der Waals surface area contributed by atoms with Gasteiger partial charge in [0.1, 0.15) is 12.0 Å². The minimum atomic E-state index is -0.189. The number of aromatic nitrogens is 3. The van der Waals surface area contributed by atoms with Crippen LogP contribution in [0.1, 0.15) is 80.1 Å². The lowest BCUT2D eigenvalue weighted by Crippen LogP contribution is -2.33. The fraction of sp³-hybridized carbons (Fsp3) is 0.520. The molecule has 1 aliphatic carbocycles. The quantitative estimate of drug-likeness (QED) is 0.653. The Labute approximate surface area is 189 Å². The summed E-state index contributed by atoms with van der Waals surface area (Å²) in [5, 5.41) is 4.23. The van der Waals surface area contributed by atoms with E-state index in [9.17, 15) is 4.79 Å². The van der Waals surface area contributed by atoms with E-state index >= 15 is 0 Å². The van der Waals surface area contributed by atoms with Gasteiger partial charge in [-0.25, -0.2) is 15.4 Å². The molecule has 2 aliphatic heterocycles. The number of nitrogens with zero attached hydrogens (tertiary/aromatic N) is 4. The molecule has 0 bridgehead atoms. The predicted molar refractivity (Wildman–Crippen MR) is 125 cm³/mol. The minimum absolute atomic E-state index is 0.189.